The van der Waals surface area contributed by atoms with Crippen molar-refractivity contribution >= 4 is 32.7 Å². The smallest absolute Gasteiger partial charge is 0.160 e. The van der Waals surface area contributed by atoms with Crippen LogP contribution >= 0.6 is 0 Å². The van der Waals surface area contributed by atoms with Gasteiger partial charge in [-0.3, -0.25) is 0 Å². The first-order valence-electron chi connectivity index (χ1n) is 19.3. The Kier molecular flexibility index (Phi) is 7.20. The highest BCUT2D eigenvalue weighted by atomic mass is 15.0. The van der Waals surface area contributed by atoms with E-state index in [4.69, 9.17) is 9.97 Å². The molecular formula is C53H37N3. The molecular weight excluding hydrogens is 679 g/mol. The van der Waals surface area contributed by atoms with Gasteiger partial charge in [-0.1, -0.05) is 159 Å². The summed E-state index contributed by atoms with van der Waals surface area (Å²) in [6, 6.07) is 67.6. The molecule has 0 amide bonds. The molecule has 0 fully saturated rings. The largest absolute Gasteiger partial charge is 0.309 e. The molecule has 264 valence electrons. The lowest BCUT2D eigenvalue weighted by Crippen LogP contribution is -2.14. The van der Waals surface area contributed by atoms with E-state index in [1.807, 2.05) is 12.1 Å². The van der Waals surface area contributed by atoms with Crippen molar-refractivity contribution in [3.05, 3.63) is 199 Å². The van der Waals surface area contributed by atoms with Gasteiger partial charge in [-0.2, -0.15) is 0 Å². The van der Waals surface area contributed by atoms with E-state index in [0.717, 1.165) is 44.8 Å². The summed E-state index contributed by atoms with van der Waals surface area (Å²) in [6.07, 6.45) is 0. The number of nitrogens with zero attached hydrogens (tertiary/aromatic N) is 3. The highest BCUT2D eigenvalue weighted by molar-refractivity contribution is 6.12. The first kappa shape index (κ1) is 32.3. The van der Waals surface area contributed by atoms with Gasteiger partial charge < -0.3 is 4.57 Å². The molecule has 11 rings (SSSR count). The molecule has 56 heavy (non-hydrogen) atoms. The van der Waals surface area contributed by atoms with Gasteiger partial charge in [0.25, 0.3) is 0 Å². The molecule has 0 N–H and O–H groups in total. The number of rotatable bonds is 5. The third kappa shape index (κ3) is 5.05. The zero-order valence-electron chi connectivity index (χ0n) is 31.2. The van der Waals surface area contributed by atoms with E-state index in [1.54, 1.807) is 0 Å². The molecule has 0 aliphatic heterocycles. The normalized spacial score (nSPS) is 13.0. The Bertz CT molecular complexity index is 3120. The first-order chi connectivity index (χ1) is 27.5. The van der Waals surface area contributed by atoms with Gasteiger partial charge in [0, 0.05) is 38.4 Å². The van der Waals surface area contributed by atoms with Gasteiger partial charge in [-0.05, 0) is 87.0 Å². The Balaban J connectivity index is 1.01. The number of fused-ring (bicyclic) bond motifs is 7. The second kappa shape index (κ2) is 12.5. The van der Waals surface area contributed by atoms with Crippen LogP contribution in [0.2, 0.25) is 0 Å². The number of para-hydroxylation sites is 2. The molecule has 3 heteroatoms. The molecule has 0 unspecified atom stereocenters. The molecule has 8 aromatic carbocycles. The maximum Gasteiger partial charge on any atom is 0.160 e. The van der Waals surface area contributed by atoms with Crippen molar-refractivity contribution in [2.75, 3.05) is 0 Å². The fourth-order valence-electron chi connectivity index (χ4n) is 8.94. The van der Waals surface area contributed by atoms with Gasteiger partial charge in [-0.25, -0.2) is 9.97 Å². The number of hydrogen-bond acceptors (Lipinski definition) is 2. The van der Waals surface area contributed by atoms with Crippen molar-refractivity contribution in [1.82, 2.24) is 14.5 Å². The molecule has 1 aliphatic rings. The van der Waals surface area contributed by atoms with Crippen molar-refractivity contribution in [2.45, 2.75) is 19.3 Å². The topological polar surface area (TPSA) is 30.7 Å². The Morgan fingerprint density at radius 1 is 0.393 bits per heavy atom. The second-order valence-electron chi connectivity index (χ2n) is 15.4. The van der Waals surface area contributed by atoms with E-state index in [0.29, 0.717) is 0 Å². The average molecular weight is 716 g/mol. The summed E-state index contributed by atoms with van der Waals surface area (Å²) in [6.45, 7) is 4.72. The minimum absolute atomic E-state index is 0.0783. The van der Waals surface area contributed by atoms with Gasteiger partial charge in [-0.15, -0.1) is 0 Å². The molecule has 0 atom stereocenters. The van der Waals surface area contributed by atoms with Crippen molar-refractivity contribution in [3.8, 4) is 61.7 Å². The number of hydrogen-bond donors (Lipinski definition) is 0. The number of benzene rings is 8. The molecule has 0 saturated carbocycles. The minimum atomic E-state index is -0.0783. The molecule has 1 aliphatic carbocycles. The van der Waals surface area contributed by atoms with Crippen molar-refractivity contribution in [1.29, 1.82) is 0 Å². The Labute approximate surface area is 326 Å². The van der Waals surface area contributed by atoms with Crippen LogP contribution < -0.4 is 0 Å². The van der Waals surface area contributed by atoms with Crippen molar-refractivity contribution in [2.24, 2.45) is 0 Å². The average Bonchev–Trinajstić information content (AvgIpc) is 3.70. The van der Waals surface area contributed by atoms with Crippen LogP contribution in [-0.2, 0) is 5.41 Å². The lowest BCUT2D eigenvalue weighted by Gasteiger charge is -2.21. The summed E-state index contributed by atoms with van der Waals surface area (Å²) >= 11 is 0. The van der Waals surface area contributed by atoms with E-state index < -0.39 is 0 Å². The molecule has 0 saturated heterocycles. The predicted octanol–water partition coefficient (Wildman–Crippen LogP) is 13.7. The molecule has 2 heterocycles. The zero-order chi connectivity index (χ0) is 37.4. The summed E-state index contributed by atoms with van der Waals surface area (Å²) in [4.78, 5) is 10.2. The summed E-state index contributed by atoms with van der Waals surface area (Å²) in [5.74, 6) is 0.719. The second-order valence-corrected chi connectivity index (χ2v) is 15.4. The highest BCUT2D eigenvalue weighted by Gasteiger charge is 2.36. The minimum Gasteiger partial charge on any atom is -0.309 e. The van der Waals surface area contributed by atoms with Crippen LogP contribution in [0.4, 0.5) is 0 Å². The molecule has 0 radical (unpaired) electrons. The molecule has 10 aromatic rings. The maximum atomic E-state index is 5.19. The zero-order valence-corrected chi connectivity index (χ0v) is 31.2. The van der Waals surface area contributed by atoms with Gasteiger partial charge >= 0.3 is 0 Å². The van der Waals surface area contributed by atoms with Gasteiger partial charge in [0.1, 0.15) is 0 Å². The SMILES string of the molecule is CC1(C)c2ccccc2-c2cc3c(cc21)c1cc(-c2ccc(-c4nc(-c5ccc(-c6ccccc6)cc5)c5ccccc5n4)cc2)ccc1n3-c1ccccc1. The van der Waals surface area contributed by atoms with Gasteiger partial charge in [0.15, 0.2) is 5.82 Å². The molecule has 0 spiro atoms. The summed E-state index contributed by atoms with van der Waals surface area (Å²) in [7, 11) is 0. The Morgan fingerprint density at radius 2 is 0.982 bits per heavy atom. The van der Waals surface area contributed by atoms with E-state index in [1.165, 1.54) is 60.8 Å². The lowest BCUT2D eigenvalue weighted by molar-refractivity contribution is 0.661. The lowest BCUT2D eigenvalue weighted by atomic mass is 9.82. The highest BCUT2D eigenvalue weighted by Crippen LogP contribution is 2.51. The van der Waals surface area contributed by atoms with Crippen molar-refractivity contribution < 1.29 is 0 Å². The van der Waals surface area contributed by atoms with Crippen LogP contribution in [-0.4, -0.2) is 14.5 Å². The van der Waals surface area contributed by atoms with Crippen LogP contribution in [0.25, 0.3) is 94.4 Å². The summed E-state index contributed by atoms with van der Waals surface area (Å²) in [5.41, 5.74) is 17.6. The van der Waals surface area contributed by atoms with Crippen LogP contribution in [0.3, 0.4) is 0 Å². The predicted molar refractivity (Wildman–Crippen MR) is 233 cm³/mol. The summed E-state index contributed by atoms with van der Waals surface area (Å²) < 4.78 is 2.43. The maximum absolute atomic E-state index is 5.19. The van der Waals surface area contributed by atoms with Gasteiger partial charge in [0.05, 0.1) is 22.2 Å². The molecule has 3 nitrogen and oxygen atoms in total. The van der Waals surface area contributed by atoms with E-state index in [-0.39, 0.29) is 5.41 Å². The molecule has 2 aromatic heterocycles. The fraction of sp³-hybridized carbons (Fsp3) is 0.0566. The van der Waals surface area contributed by atoms with Gasteiger partial charge in [0.2, 0.25) is 0 Å². The van der Waals surface area contributed by atoms with Crippen molar-refractivity contribution in [3.63, 3.8) is 0 Å². The third-order valence-electron chi connectivity index (χ3n) is 11.8. The quantitative estimate of drug-likeness (QED) is 0.178. The Hall–Kier alpha value is -7.10. The third-order valence-corrected chi connectivity index (χ3v) is 11.8. The van der Waals surface area contributed by atoms with Crippen LogP contribution in [0, 0.1) is 0 Å². The fourth-order valence-corrected chi connectivity index (χ4v) is 8.94. The standard InChI is InChI=1S/C53H37N3/c1-53(2)46-19-11-9-17-41(46)43-33-50-45(32-47(43)53)44-31-39(29-30-49(44)56(50)40-15-7-4-8-16-40)36-23-27-38(28-24-36)52-54-48-20-12-10-18-42(48)51(55-52)37-25-21-35(22-26-37)34-13-5-3-6-14-34/h3-33H,1-2H3. The molecule has 0 bridgehead atoms. The van der Waals surface area contributed by atoms with E-state index >= 15 is 0 Å². The van der Waals surface area contributed by atoms with E-state index in [9.17, 15) is 0 Å². The number of aromatic nitrogens is 3. The van der Waals surface area contributed by atoms with Crippen LogP contribution in [0.5, 0.6) is 0 Å². The summed E-state index contributed by atoms with van der Waals surface area (Å²) in [5, 5.41) is 3.57. The van der Waals surface area contributed by atoms with Crippen LogP contribution in [0.15, 0.2) is 188 Å². The first-order valence-corrected chi connectivity index (χ1v) is 19.3. The Morgan fingerprint density at radius 3 is 1.77 bits per heavy atom. The monoisotopic (exact) mass is 715 g/mol. The van der Waals surface area contributed by atoms with E-state index in [2.05, 4.69) is 194 Å². The van der Waals surface area contributed by atoms with Crippen LogP contribution in [0.1, 0.15) is 25.0 Å².